The Kier molecular flexibility index (Phi) is 3.80. The lowest BCUT2D eigenvalue weighted by Crippen LogP contribution is -2.33. The molecular formula is C8H16FNO. The maximum Gasteiger partial charge on any atom is 0.0906 e. The van der Waals surface area contributed by atoms with Crippen molar-refractivity contribution in [1.29, 1.82) is 0 Å². The van der Waals surface area contributed by atoms with Crippen LogP contribution in [0.25, 0.3) is 0 Å². The third-order valence-electron chi connectivity index (χ3n) is 2.29. The molecule has 0 radical (unpaired) electrons. The Morgan fingerprint density at radius 3 is 3.00 bits per heavy atom. The molecule has 0 spiro atoms. The van der Waals surface area contributed by atoms with Crippen LogP contribution >= 0.6 is 0 Å². The quantitative estimate of drug-likeness (QED) is 0.659. The zero-order valence-electron chi connectivity index (χ0n) is 6.80. The van der Waals surface area contributed by atoms with Gasteiger partial charge in [-0.25, -0.2) is 0 Å². The van der Waals surface area contributed by atoms with Crippen LogP contribution in [0.1, 0.15) is 19.3 Å². The minimum atomic E-state index is -0.241. The van der Waals surface area contributed by atoms with Crippen molar-refractivity contribution in [1.82, 2.24) is 4.90 Å². The molecule has 1 saturated heterocycles. The van der Waals surface area contributed by atoms with E-state index in [0.29, 0.717) is 12.5 Å². The number of alkyl halides is 1. The Morgan fingerprint density at radius 1 is 1.55 bits per heavy atom. The number of aliphatic hydroxyl groups is 1. The van der Waals surface area contributed by atoms with Gasteiger partial charge in [-0.1, -0.05) is 0 Å². The fraction of sp³-hybridized carbons (Fsp3) is 1.00. The number of halogens is 1. The van der Waals surface area contributed by atoms with Gasteiger partial charge in [-0.15, -0.1) is 0 Å². The van der Waals surface area contributed by atoms with Gasteiger partial charge >= 0.3 is 0 Å². The van der Waals surface area contributed by atoms with Crippen LogP contribution in [-0.4, -0.2) is 42.4 Å². The van der Waals surface area contributed by atoms with E-state index in [1.54, 1.807) is 0 Å². The molecule has 1 atom stereocenters. The maximum absolute atomic E-state index is 11.8. The highest BCUT2D eigenvalue weighted by atomic mass is 19.1. The largest absolute Gasteiger partial charge is 0.395 e. The number of nitrogens with zero attached hydrogens (tertiary/aromatic N) is 1. The molecule has 0 aromatic carbocycles. The van der Waals surface area contributed by atoms with E-state index in [1.165, 1.54) is 0 Å². The second kappa shape index (κ2) is 4.67. The third-order valence-corrected chi connectivity index (χ3v) is 2.29. The molecule has 1 aliphatic rings. The highest BCUT2D eigenvalue weighted by Crippen LogP contribution is 2.16. The standard InChI is InChI=1S/C8H16FNO/c9-4-2-6-10-5-1-3-8(10)7-11/h8,11H,1-7H2. The predicted molar refractivity (Wildman–Crippen MR) is 42.3 cm³/mol. The van der Waals surface area contributed by atoms with E-state index in [9.17, 15) is 4.39 Å². The van der Waals surface area contributed by atoms with E-state index in [2.05, 4.69) is 4.90 Å². The van der Waals surface area contributed by atoms with Gasteiger partial charge in [0, 0.05) is 12.6 Å². The minimum Gasteiger partial charge on any atom is -0.395 e. The Morgan fingerprint density at radius 2 is 2.36 bits per heavy atom. The first-order chi connectivity index (χ1) is 5.38. The van der Waals surface area contributed by atoms with Gasteiger partial charge in [0.1, 0.15) is 0 Å². The normalized spacial score (nSPS) is 26.2. The van der Waals surface area contributed by atoms with Gasteiger partial charge in [-0.05, 0) is 25.8 Å². The Bertz CT molecular complexity index is 110. The van der Waals surface area contributed by atoms with Crippen molar-refractivity contribution in [2.45, 2.75) is 25.3 Å². The Balaban J connectivity index is 2.20. The van der Waals surface area contributed by atoms with Gasteiger partial charge < -0.3 is 5.11 Å². The van der Waals surface area contributed by atoms with Crippen molar-refractivity contribution in [3.63, 3.8) is 0 Å². The van der Waals surface area contributed by atoms with E-state index in [1.807, 2.05) is 0 Å². The lowest BCUT2D eigenvalue weighted by molar-refractivity contribution is 0.155. The van der Waals surface area contributed by atoms with E-state index >= 15 is 0 Å². The van der Waals surface area contributed by atoms with Crippen LogP contribution in [-0.2, 0) is 0 Å². The molecule has 0 aliphatic carbocycles. The SMILES string of the molecule is OCC1CCCN1CCCF. The molecule has 2 nitrogen and oxygen atoms in total. The first-order valence-corrected chi connectivity index (χ1v) is 4.29. The third kappa shape index (κ3) is 2.42. The fourth-order valence-electron chi connectivity index (χ4n) is 1.66. The molecule has 0 aromatic rings. The zero-order chi connectivity index (χ0) is 8.10. The van der Waals surface area contributed by atoms with Crippen LogP contribution in [0, 0.1) is 0 Å². The number of hydrogen-bond donors (Lipinski definition) is 1. The van der Waals surface area contributed by atoms with Crippen LogP contribution in [0.3, 0.4) is 0 Å². The van der Waals surface area contributed by atoms with Crippen LogP contribution in [0.15, 0.2) is 0 Å². The molecule has 0 bridgehead atoms. The van der Waals surface area contributed by atoms with E-state index in [0.717, 1.165) is 25.9 Å². The molecule has 1 N–H and O–H groups in total. The number of likely N-dealkylation sites (tertiary alicyclic amines) is 1. The average Bonchev–Trinajstić information content (AvgIpc) is 2.47. The molecule has 11 heavy (non-hydrogen) atoms. The first-order valence-electron chi connectivity index (χ1n) is 4.29. The zero-order valence-corrected chi connectivity index (χ0v) is 6.80. The molecule has 0 amide bonds. The van der Waals surface area contributed by atoms with Gasteiger partial charge in [-0.3, -0.25) is 9.29 Å². The highest BCUT2D eigenvalue weighted by molar-refractivity contribution is 4.77. The van der Waals surface area contributed by atoms with Crippen molar-refractivity contribution in [3.05, 3.63) is 0 Å². The van der Waals surface area contributed by atoms with Crippen molar-refractivity contribution in [2.24, 2.45) is 0 Å². The second-order valence-electron chi connectivity index (χ2n) is 3.06. The number of rotatable bonds is 4. The van der Waals surface area contributed by atoms with Gasteiger partial charge in [0.25, 0.3) is 0 Å². The Labute approximate surface area is 67.0 Å². The Hall–Kier alpha value is -0.150. The summed E-state index contributed by atoms with van der Waals surface area (Å²) in [4.78, 5) is 2.18. The van der Waals surface area contributed by atoms with Crippen LogP contribution in [0.4, 0.5) is 4.39 Å². The van der Waals surface area contributed by atoms with E-state index in [-0.39, 0.29) is 13.3 Å². The summed E-state index contributed by atoms with van der Waals surface area (Å²) in [7, 11) is 0. The van der Waals surface area contributed by atoms with Crippen LogP contribution in [0.2, 0.25) is 0 Å². The molecule has 1 unspecified atom stereocenters. The molecule has 1 heterocycles. The fourth-order valence-corrected chi connectivity index (χ4v) is 1.66. The smallest absolute Gasteiger partial charge is 0.0906 e. The van der Waals surface area contributed by atoms with Gasteiger partial charge in [0.15, 0.2) is 0 Å². The molecule has 1 rings (SSSR count). The monoisotopic (exact) mass is 161 g/mol. The summed E-state index contributed by atoms with van der Waals surface area (Å²) >= 11 is 0. The summed E-state index contributed by atoms with van der Waals surface area (Å²) in [6, 6.07) is 0.307. The highest BCUT2D eigenvalue weighted by Gasteiger charge is 2.22. The topological polar surface area (TPSA) is 23.5 Å². The summed E-state index contributed by atoms with van der Waals surface area (Å²) in [5.74, 6) is 0. The van der Waals surface area contributed by atoms with Gasteiger partial charge in [0.2, 0.25) is 0 Å². The molecular weight excluding hydrogens is 145 g/mol. The van der Waals surface area contributed by atoms with E-state index < -0.39 is 0 Å². The van der Waals surface area contributed by atoms with E-state index in [4.69, 9.17) is 5.11 Å². The number of hydrogen-bond acceptors (Lipinski definition) is 2. The lowest BCUT2D eigenvalue weighted by atomic mass is 10.2. The molecule has 0 aromatic heterocycles. The molecule has 0 saturated carbocycles. The summed E-state index contributed by atoms with van der Waals surface area (Å²) in [6.07, 6.45) is 2.83. The second-order valence-corrected chi connectivity index (χ2v) is 3.06. The van der Waals surface area contributed by atoms with Crippen LogP contribution < -0.4 is 0 Å². The predicted octanol–water partition coefficient (Wildman–Crippen LogP) is 0.803. The lowest BCUT2D eigenvalue weighted by Gasteiger charge is -2.21. The van der Waals surface area contributed by atoms with Crippen molar-refractivity contribution >= 4 is 0 Å². The van der Waals surface area contributed by atoms with Crippen molar-refractivity contribution in [3.8, 4) is 0 Å². The average molecular weight is 161 g/mol. The summed E-state index contributed by atoms with van der Waals surface area (Å²) in [5.41, 5.74) is 0. The molecule has 1 fully saturated rings. The van der Waals surface area contributed by atoms with Crippen molar-refractivity contribution in [2.75, 3.05) is 26.4 Å². The summed E-state index contributed by atoms with van der Waals surface area (Å²) < 4.78 is 11.8. The summed E-state index contributed by atoms with van der Waals surface area (Å²) in [6.45, 7) is 1.83. The molecule has 66 valence electrons. The molecule has 1 aliphatic heterocycles. The van der Waals surface area contributed by atoms with Gasteiger partial charge in [-0.2, -0.15) is 0 Å². The van der Waals surface area contributed by atoms with Crippen molar-refractivity contribution < 1.29 is 9.50 Å². The maximum atomic E-state index is 11.8. The number of aliphatic hydroxyl groups excluding tert-OH is 1. The van der Waals surface area contributed by atoms with Gasteiger partial charge in [0.05, 0.1) is 13.3 Å². The molecule has 3 heteroatoms. The first kappa shape index (κ1) is 8.94. The van der Waals surface area contributed by atoms with Crippen LogP contribution in [0.5, 0.6) is 0 Å². The minimum absolute atomic E-state index is 0.228. The summed E-state index contributed by atoms with van der Waals surface area (Å²) in [5, 5.41) is 8.90.